The fraction of sp³-hybridized carbons (Fsp3) is 0.400. The molecule has 0 aliphatic heterocycles. The number of nitrogens with zero attached hydrogens (tertiary/aromatic N) is 1. The van der Waals surface area contributed by atoms with Gasteiger partial charge in [0.1, 0.15) is 0 Å². The predicted octanol–water partition coefficient (Wildman–Crippen LogP) is 1.82. The molecule has 0 fully saturated rings. The van der Waals surface area contributed by atoms with Gasteiger partial charge in [-0.2, -0.15) is 16.8 Å². The predicted molar refractivity (Wildman–Crippen MR) is 70.1 cm³/mol. The molecule has 1 N–H and O–H groups in total. The van der Waals surface area contributed by atoms with Gasteiger partial charge in [-0.15, -0.1) is 4.36 Å². The van der Waals surface area contributed by atoms with Crippen LogP contribution in [0.2, 0.25) is 0 Å². The van der Waals surface area contributed by atoms with Crippen molar-refractivity contribution in [2.24, 2.45) is 4.36 Å². The zero-order chi connectivity index (χ0) is 15.1. The van der Waals surface area contributed by atoms with Gasteiger partial charge in [0.15, 0.2) is 0 Å². The molecule has 0 heterocycles. The lowest BCUT2D eigenvalue weighted by molar-refractivity contribution is 0.283. The van der Waals surface area contributed by atoms with Crippen molar-refractivity contribution in [1.29, 1.82) is 0 Å². The average molecular weight is 309 g/mol. The fourth-order valence-corrected chi connectivity index (χ4v) is 1.70. The molecule has 0 unspecified atom stereocenters. The monoisotopic (exact) mass is 309 g/mol. The molecule has 0 aromatic heterocycles. The molecule has 0 bridgehead atoms. The van der Waals surface area contributed by atoms with Crippen LogP contribution in [-0.4, -0.2) is 28.0 Å². The largest absolute Gasteiger partial charge is 0.397 e. The van der Waals surface area contributed by atoms with Gasteiger partial charge in [-0.25, -0.2) is 4.18 Å². The summed E-state index contributed by atoms with van der Waals surface area (Å²) in [5, 5.41) is 0. The highest BCUT2D eigenvalue weighted by molar-refractivity contribution is 7.80. The SMILES string of the molecule is CCOS(=O)(=O)O.Cc1ccc(C)c(N=S(=O)=O)c1. The van der Waals surface area contributed by atoms with E-state index in [1.54, 1.807) is 6.07 Å². The molecule has 0 aliphatic carbocycles. The highest BCUT2D eigenvalue weighted by Gasteiger charge is 1.98. The normalized spacial score (nSPS) is 10.3. The van der Waals surface area contributed by atoms with Gasteiger partial charge in [0, 0.05) is 0 Å². The van der Waals surface area contributed by atoms with Crippen LogP contribution < -0.4 is 0 Å². The molecule has 1 rings (SSSR count). The third kappa shape index (κ3) is 9.31. The lowest BCUT2D eigenvalue weighted by Crippen LogP contribution is -2.01. The van der Waals surface area contributed by atoms with Crippen molar-refractivity contribution in [3.8, 4) is 0 Å². The minimum atomic E-state index is -4.17. The summed E-state index contributed by atoms with van der Waals surface area (Å²) < 4.78 is 54.6. The molecule has 0 saturated heterocycles. The maximum Gasteiger partial charge on any atom is 0.397 e. The summed E-state index contributed by atoms with van der Waals surface area (Å²) in [7, 11) is -6.53. The first-order valence-electron chi connectivity index (χ1n) is 5.16. The van der Waals surface area contributed by atoms with Gasteiger partial charge in [0.2, 0.25) is 0 Å². The molecular weight excluding hydrogens is 294 g/mol. The number of hydrogen-bond acceptors (Lipinski definition) is 6. The van der Waals surface area contributed by atoms with Crippen LogP contribution in [0, 0.1) is 13.8 Å². The van der Waals surface area contributed by atoms with Gasteiger partial charge < -0.3 is 0 Å². The van der Waals surface area contributed by atoms with E-state index in [9.17, 15) is 16.8 Å². The van der Waals surface area contributed by atoms with Crippen LogP contribution in [0.15, 0.2) is 22.6 Å². The highest BCUT2D eigenvalue weighted by atomic mass is 32.3. The Labute approximate surface area is 113 Å². The molecule has 108 valence electrons. The van der Waals surface area contributed by atoms with E-state index in [4.69, 9.17) is 4.55 Å². The van der Waals surface area contributed by atoms with Gasteiger partial charge in [0.25, 0.3) is 0 Å². The molecule has 1 aromatic rings. The van der Waals surface area contributed by atoms with E-state index >= 15 is 0 Å². The van der Waals surface area contributed by atoms with Crippen LogP contribution in [0.5, 0.6) is 0 Å². The zero-order valence-electron chi connectivity index (χ0n) is 10.7. The average Bonchev–Trinajstić information content (AvgIpc) is 2.22. The first kappa shape index (κ1) is 17.7. The van der Waals surface area contributed by atoms with Gasteiger partial charge in [-0.1, -0.05) is 12.1 Å². The molecule has 0 aliphatic rings. The van der Waals surface area contributed by atoms with E-state index in [0.717, 1.165) is 11.1 Å². The van der Waals surface area contributed by atoms with Gasteiger partial charge in [-0.05, 0) is 38.0 Å². The smallest absolute Gasteiger partial charge is 0.264 e. The van der Waals surface area contributed by atoms with Gasteiger partial charge >= 0.3 is 20.9 Å². The summed E-state index contributed by atoms with van der Waals surface area (Å²) in [5.41, 5.74) is 2.39. The van der Waals surface area contributed by atoms with Crippen LogP contribution >= 0.6 is 0 Å². The van der Waals surface area contributed by atoms with Crippen molar-refractivity contribution in [2.75, 3.05) is 6.61 Å². The Morgan fingerprint density at radius 2 is 1.89 bits per heavy atom. The number of aryl methyl sites for hydroxylation is 2. The first-order chi connectivity index (χ1) is 8.65. The molecule has 1 aromatic carbocycles. The molecule has 19 heavy (non-hydrogen) atoms. The van der Waals surface area contributed by atoms with E-state index in [2.05, 4.69) is 8.55 Å². The van der Waals surface area contributed by atoms with E-state index < -0.39 is 20.9 Å². The van der Waals surface area contributed by atoms with E-state index in [-0.39, 0.29) is 6.61 Å². The van der Waals surface area contributed by atoms with Crippen LogP contribution in [0.3, 0.4) is 0 Å². The molecule has 0 amide bonds. The van der Waals surface area contributed by atoms with Crippen molar-refractivity contribution in [2.45, 2.75) is 20.8 Å². The second-order valence-corrected chi connectivity index (χ2v) is 5.14. The van der Waals surface area contributed by atoms with Gasteiger partial charge in [0.05, 0.1) is 12.3 Å². The molecule has 0 spiro atoms. The van der Waals surface area contributed by atoms with Crippen LogP contribution in [0.4, 0.5) is 5.69 Å². The lowest BCUT2D eigenvalue weighted by atomic mass is 10.1. The maximum atomic E-state index is 10.3. The Hall–Kier alpha value is -1.29. The van der Waals surface area contributed by atoms with E-state index in [0.29, 0.717) is 5.69 Å². The van der Waals surface area contributed by atoms with Crippen LogP contribution in [0.25, 0.3) is 0 Å². The van der Waals surface area contributed by atoms with Crippen molar-refractivity contribution in [3.63, 3.8) is 0 Å². The molecular formula is C10H15NO6S2. The highest BCUT2D eigenvalue weighted by Crippen LogP contribution is 2.19. The summed E-state index contributed by atoms with van der Waals surface area (Å²) in [4.78, 5) is 0. The van der Waals surface area contributed by atoms with Gasteiger partial charge in [-0.3, -0.25) is 4.55 Å². The molecule has 0 radical (unpaired) electrons. The standard InChI is InChI=1S/C8H9NO2S.C2H6O4S/c1-6-3-4-7(2)8(5-6)9-12(10)11;1-2-6-7(3,4)5/h3-5H,1-2H3;2H2,1H3,(H,3,4,5). The van der Waals surface area contributed by atoms with Crippen molar-refractivity contribution in [3.05, 3.63) is 29.3 Å². The minimum Gasteiger partial charge on any atom is -0.264 e. The quantitative estimate of drug-likeness (QED) is 0.853. The third-order valence-corrected chi connectivity index (χ3v) is 2.68. The lowest BCUT2D eigenvalue weighted by Gasteiger charge is -1.97. The topological polar surface area (TPSA) is 110 Å². The minimum absolute atomic E-state index is 0.0289. The Balaban J connectivity index is 0.000000399. The number of benzene rings is 1. The summed E-state index contributed by atoms with van der Waals surface area (Å²) in [6, 6.07) is 5.51. The van der Waals surface area contributed by atoms with Crippen molar-refractivity contribution < 1.29 is 25.6 Å². The summed E-state index contributed by atoms with van der Waals surface area (Å²) in [6.45, 7) is 5.16. The fourth-order valence-electron chi connectivity index (χ4n) is 1.05. The second-order valence-electron chi connectivity index (χ2n) is 3.43. The summed E-state index contributed by atoms with van der Waals surface area (Å²) in [5.74, 6) is 0. The third-order valence-electron chi connectivity index (χ3n) is 1.80. The number of hydrogen-bond donors (Lipinski definition) is 1. The Bertz CT molecular complexity index is 641. The summed E-state index contributed by atoms with van der Waals surface area (Å²) in [6.07, 6.45) is 0. The number of rotatable bonds is 3. The van der Waals surface area contributed by atoms with E-state index in [1.165, 1.54) is 6.92 Å². The Morgan fingerprint density at radius 3 is 2.26 bits per heavy atom. The molecule has 9 heteroatoms. The molecule has 0 atom stereocenters. The maximum absolute atomic E-state index is 10.3. The van der Waals surface area contributed by atoms with E-state index in [1.807, 2.05) is 26.0 Å². The second kappa shape index (κ2) is 8.00. The summed E-state index contributed by atoms with van der Waals surface area (Å²) >= 11 is 0. The molecule has 0 saturated carbocycles. The van der Waals surface area contributed by atoms with Crippen LogP contribution in [-0.2, 0) is 25.1 Å². The zero-order valence-corrected chi connectivity index (χ0v) is 12.3. The van der Waals surface area contributed by atoms with Crippen LogP contribution in [0.1, 0.15) is 18.1 Å². The first-order valence-corrected chi connectivity index (χ1v) is 7.55. The Morgan fingerprint density at radius 1 is 1.32 bits per heavy atom. The van der Waals surface area contributed by atoms with Crippen molar-refractivity contribution in [1.82, 2.24) is 0 Å². The molecule has 7 nitrogen and oxygen atoms in total. The van der Waals surface area contributed by atoms with Crippen molar-refractivity contribution >= 4 is 26.6 Å². The Kier molecular flexibility index (Phi) is 7.45.